The van der Waals surface area contributed by atoms with Crippen molar-refractivity contribution in [3.63, 3.8) is 0 Å². The first kappa shape index (κ1) is 8.29. The third-order valence-electron chi connectivity index (χ3n) is 0.757. The maximum atomic E-state index is 11.3. The van der Waals surface area contributed by atoms with E-state index in [4.69, 9.17) is 5.73 Å². The quantitative estimate of drug-likeness (QED) is 0.574. The Hall–Kier alpha value is -0.710. The van der Waals surface area contributed by atoms with E-state index < -0.39 is 24.8 Å². The van der Waals surface area contributed by atoms with Gasteiger partial charge < -0.3 is 5.73 Å². The molecule has 0 saturated carbocycles. The van der Waals surface area contributed by atoms with Crippen molar-refractivity contribution in [3.8, 4) is 0 Å². The number of hydrogen-bond acceptors (Lipinski definition) is 1. The molecule has 0 rings (SSSR count). The molecular weight excluding hydrogens is 130 g/mol. The minimum absolute atomic E-state index is 0.769. The van der Waals surface area contributed by atoms with Crippen LogP contribution in [0.25, 0.3) is 0 Å². The number of nitrogens with one attached hydrogen (secondary N) is 1. The predicted molar refractivity (Wildman–Crippen MR) is 26.7 cm³/mol. The van der Waals surface area contributed by atoms with Gasteiger partial charge in [-0.15, -0.1) is 0 Å². The highest BCUT2D eigenvalue weighted by Crippen LogP contribution is 2.01. The smallest absolute Gasteiger partial charge is 0.240 e. The van der Waals surface area contributed by atoms with Crippen molar-refractivity contribution < 1.29 is 13.6 Å². The Labute approximate surface area is 51.0 Å². The third-order valence-corrected chi connectivity index (χ3v) is 0.757. The van der Waals surface area contributed by atoms with Crippen LogP contribution in [0.2, 0.25) is 0 Å². The second kappa shape index (κ2) is 3.34. The largest absolute Gasteiger partial charge is 0.368 e. The topological polar surface area (TPSA) is 66.9 Å². The molecule has 3 nitrogen and oxygen atoms in total. The Morgan fingerprint density at radius 3 is 2.22 bits per heavy atom. The number of nitrogens with two attached hydrogens (primary N) is 1. The van der Waals surface area contributed by atoms with E-state index in [0.717, 1.165) is 0 Å². The molecule has 0 aromatic heterocycles. The lowest BCUT2D eigenvalue weighted by atomic mass is 10.2. The van der Waals surface area contributed by atoms with E-state index in [1.807, 2.05) is 0 Å². The van der Waals surface area contributed by atoms with Crippen molar-refractivity contribution in [3.05, 3.63) is 0 Å². The molecule has 0 fully saturated rings. The molecule has 1 atom stereocenters. The molecule has 1 unspecified atom stereocenters. The van der Waals surface area contributed by atoms with E-state index >= 15 is 0 Å². The minimum Gasteiger partial charge on any atom is -0.368 e. The Morgan fingerprint density at radius 1 is 1.67 bits per heavy atom. The molecule has 0 aliphatic rings. The fourth-order valence-electron chi connectivity index (χ4n) is 0.294. The molecule has 53 valence electrons. The molecule has 9 heavy (non-hydrogen) atoms. The fraction of sp³-hybridized carbons (Fsp3) is 0.750. The number of carbonyl (C=O) groups is 1. The lowest BCUT2D eigenvalue weighted by Gasteiger charge is -2.02. The van der Waals surface area contributed by atoms with Gasteiger partial charge in [-0.25, -0.2) is 14.5 Å². The van der Waals surface area contributed by atoms with Crippen molar-refractivity contribution in [2.45, 2.75) is 18.9 Å². The number of hydrogen-bond donors (Lipinski definition) is 1. The van der Waals surface area contributed by atoms with Gasteiger partial charge in [0.15, 0.2) is 0 Å². The van der Waals surface area contributed by atoms with Crippen LogP contribution >= 0.6 is 0 Å². The number of rotatable bonds is 3. The summed E-state index contributed by atoms with van der Waals surface area (Å²) in [6.45, 7) is 0. The zero-order valence-electron chi connectivity index (χ0n) is 4.60. The van der Waals surface area contributed by atoms with Crippen molar-refractivity contribution in [1.29, 1.82) is 0 Å². The first-order valence-electron chi connectivity index (χ1n) is 2.32. The van der Waals surface area contributed by atoms with E-state index in [0.29, 0.717) is 0 Å². The van der Waals surface area contributed by atoms with Gasteiger partial charge in [-0.1, -0.05) is 0 Å². The zero-order chi connectivity index (χ0) is 7.44. The summed E-state index contributed by atoms with van der Waals surface area (Å²) in [6, 6.07) is -1.47. The summed E-state index contributed by atoms with van der Waals surface area (Å²) in [4.78, 5) is 9.94. The van der Waals surface area contributed by atoms with Crippen molar-refractivity contribution >= 4 is 5.91 Å². The van der Waals surface area contributed by atoms with Gasteiger partial charge >= 0.3 is 0 Å². The summed E-state index contributed by atoms with van der Waals surface area (Å²) in [7, 11) is 0. The summed E-state index contributed by atoms with van der Waals surface area (Å²) in [5.41, 5.74) is 11.1. The molecule has 0 saturated heterocycles. The normalized spacial score (nSPS) is 13.8. The van der Waals surface area contributed by atoms with Gasteiger partial charge in [-0.05, 0) is 0 Å². The second-order valence-corrected chi connectivity index (χ2v) is 1.58. The lowest BCUT2D eigenvalue weighted by molar-refractivity contribution is -0.120. The Balaban J connectivity index is 3.50. The summed E-state index contributed by atoms with van der Waals surface area (Å²) < 4.78 is 22.6. The van der Waals surface area contributed by atoms with Gasteiger partial charge in [-0.3, -0.25) is 4.79 Å². The first-order valence-corrected chi connectivity index (χ1v) is 2.32. The Kier molecular flexibility index (Phi) is 3.08. The van der Waals surface area contributed by atoms with Gasteiger partial charge in [0.25, 0.3) is 0 Å². The molecule has 3 N–H and O–H groups in total. The van der Waals surface area contributed by atoms with Crippen LogP contribution in [0.3, 0.4) is 0 Å². The molecule has 0 bridgehead atoms. The highest BCUT2D eigenvalue weighted by atomic mass is 19.3. The van der Waals surface area contributed by atoms with E-state index in [2.05, 4.69) is 5.73 Å². The summed E-state index contributed by atoms with van der Waals surface area (Å²) >= 11 is 0. The summed E-state index contributed by atoms with van der Waals surface area (Å²) in [6.07, 6.45) is -3.39. The molecule has 0 aliphatic heterocycles. The first-order chi connectivity index (χ1) is 4.04. The second-order valence-electron chi connectivity index (χ2n) is 1.58. The molecule has 0 aliphatic carbocycles. The molecular formula is C4H7F2N2O. The summed E-state index contributed by atoms with van der Waals surface area (Å²) in [5.74, 6) is -1.00. The van der Waals surface area contributed by atoms with Crippen LogP contribution < -0.4 is 11.5 Å². The van der Waals surface area contributed by atoms with Crippen molar-refractivity contribution in [1.82, 2.24) is 5.73 Å². The van der Waals surface area contributed by atoms with Crippen LogP contribution in [0.4, 0.5) is 8.78 Å². The van der Waals surface area contributed by atoms with Gasteiger partial charge in [0.1, 0.15) is 6.04 Å². The standard InChI is InChI=1S/C4H7F2N2O/c5-3(6)1-2(7)4(8)9/h2-3,7H,1H2,(H2,8,9). The maximum Gasteiger partial charge on any atom is 0.240 e. The van der Waals surface area contributed by atoms with Crippen LogP contribution in [0.5, 0.6) is 0 Å². The number of primary amides is 1. The molecule has 5 heteroatoms. The van der Waals surface area contributed by atoms with Crippen molar-refractivity contribution in [2.75, 3.05) is 0 Å². The molecule has 1 radical (unpaired) electrons. The van der Waals surface area contributed by atoms with Crippen molar-refractivity contribution in [2.24, 2.45) is 5.73 Å². The Bertz CT molecular complexity index is 107. The SMILES string of the molecule is [NH]C(CC(F)F)C(N)=O. The zero-order valence-corrected chi connectivity index (χ0v) is 4.60. The number of halogens is 2. The average molecular weight is 137 g/mol. The molecule has 1 amide bonds. The minimum atomic E-state index is -2.62. The highest BCUT2D eigenvalue weighted by Gasteiger charge is 2.15. The summed E-state index contributed by atoms with van der Waals surface area (Å²) in [5, 5.41) is 0. The van der Waals surface area contributed by atoms with E-state index in [1.54, 1.807) is 0 Å². The van der Waals surface area contributed by atoms with Crippen LogP contribution in [0.15, 0.2) is 0 Å². The highest BCUT2D eigenvalue weighted by molar-refractivity contribution is 5.79. The molecule has 0 aromatic rings. The monoisotopic (exact) mass is 137 g/mol. The van der Waals surface area contributed by atoms with Crippen LogP contribution in [0, 0.1) is 0 Å². The Morgan fingerprint density at radius 2 is 2.11 bits per heavy atom. The lowest BCUT2D eigenvalue weighted by Crippen LogP contribution is -2.31. The number of carbonyl (C=O) groups excluding carboxylic acids is 1. The van der Waals surface area contributed by atoms with Crippen LogP contribution in [0.1, 0.15) is 6.42 Å². The van der Waals surface area contributed by atoms with Gasteiger partial charge in [0, 0.05) is 6.42 Å². The van der Waals surface area contributed by atoms with Crippen LogP contribution in [-0.4, -0.2) is 18.4 Å². The molecule has 0 aromatic carbocycles. The fourth-order valence-corrected chi connectivity index (χ4v) is 0.294. The molecule has 0 spiro atoms. The average Bonchev–Trinajstić information content (AvgIpc) is 1.63. The van der Waals surface area contributed by atoms with E-state index in [-0.39, 0.29) is 0 Å². The van der Waals surface area contributed by atoms with Gasteiger partial charge in [0.05, 0.1) is 0 Å². The maximum absolute atomic E-state index is 11.3. The third kappa shape index (κ3) is 3.84. The molecule has 0 heterocycles. The predicted octanol–water partition coefficient (Wildman–Crippen LogP) is -0.222. The van der Waals surface area contributed by atoms with E-state index in [1.165, 1.54) is 0 Å². The van der Waals surface area contributed by atoms with E-state index in [9.17, 15) is 13.6 Å². The number of amides is 1. The number of alkyl halides is 2. The van der Waals surface area contributed by atoms with Crippen LogP contribution in [-0.2, 0) is 4.79 Å². The van der Waals surface area contributed by atoms with Gasteiger partial charge in [-0.2, -0.15) is 0 Å². The van der Waals surface area contributed by atoms with Gasteiger partial charge in [0.2, 0.25) is 12.3 Å².